The Morgan fingerprint density at radius 3 is 2.86 bits per heavy atom. The van der Waals surface area contributed by atoms with Gasteiger partial charge in [-0.3, -0.25) is 9.67 Å². The minimum absolute atomic E-state index is 0.00420. The molecule has 0 saturated carbocycles. The molecule has 0 aromatic carbocycles. The van der Waals surface area contributed by atoms with Gasteiger partial charge >= 0.3 is 0 Å². The normalized spacial score (nSPS) is 11.7. The van der Waals surface area contributed by atoms with Gasteiger partial charge in [-0.2, -0.15) is 5.10 Å². The van der Waals surface area contributed by atoms with Gasteiger partial charge in [0.05, 0.1) is 12.2 Å². The van der Waals surface area contributed by atoms with Crippen LogP contribution in [0.1, 0.15) is 24.6 Å². The third kappa shape index (κ3) is 3.59. The highest BCUT2D eigenvalue weighted by Crippen LogP contribution is 2.16. The molecular weight excluding hydrogens is 290 g/mol. The molecule has 0 unspecified atom stereocenters. The summed E-state index contributed by atoms with van der Waals surface area (Å²) in [5.41, 5.74) is 7.30. The summed E-state index contributed by atoms with van der Waals surface area (Å²) in [6.07, 6.45) is 3.93. The quantitative estimate of drug-likeness (QED) is 0.830. The molecule has 0 radical (unpaired) electrons. The van der Waals surface area contributed by atoms with E-state index < -0.39 is 10.0 Å². The van der Waals surface area contributed by atoms with Crippen LogP contribution in [0, 0.1) is 6.92 Å². The van der Waals surface area contributed by atoms with Crippen LogP contribution in [0.3, 0.4) is 0 Å². The zero-order valence-corrected chi connectivity index (χ0v) is 12.9. The fraction of sp³-hybridized carbons (Fsp3) is 0.385. The first kappa shape index (κ1) is 15.5. The Kier molecular flexibility index (Phi) is 4.59. The largest absolute Gasteiger partial charge is 0.381 e. The molecule has 8 heteroatoms. The first-order valence-electron chi connectivity index (χ1n) is 6.67. The molecule has 2 heterocycles. The summed E-state index contributed by atoms with van der Waals surface area (Å²) in [5.74, 6) is 0.00805. The Morgan fingerprint density at radius 1 is 1.43 bits per heavy atom. The predicted molar refractivity (Wildman–Crippen MR) is 79.9 cm³/mol. The van der Waals surface area contributed by atoms with Crippen LogP contribution in [0.25, 0.3) is 0 Å². The minimum atomic E-state index is -3.70. The predicted octanol–water partition coefficient (Wildman–Crippen LogP) is 1.06. The van der Waals surface area contributed by atoms with Crippen LogP contribution in [0.5, 0.6) is 0 Å². The Morgan fingerprint density at radius 2 is 2.19 bits per heavy atom. The van der Waals surface area contributed by atoms with Crippen molar-refractivity contribution < 1.29 is 8.42 Å². The molecule has 0 fully saturated rings. The molecule has 7 nitrogen and oxygen atoms in total. The summed E-state index contributed by atoms with van der Waals surface area (Å²) in [6, 6.07) is 3.68. The highest BCUT2D eigenvalue weighted by Gasteiger charge is 2.21. The van der Waals surface area contributed by atoms with E-state index in [1.54, 1.807) is 12.3 Å². The van der Waals surface area contributed by atoms with Crippen LogP contribution in [0.4, 0.5) is 5.82 Å². The Bertz CT molecular complexity index is 724. The van der Waals surface area contributed by atoms with Crippen molar-refractivity contribution in [1.82, 2.24) is 19.5 Å². The van der Waals surface area contributed by atoms with E-state index in [4.69, 9.17) is 5.73 Å². The summed E-state index contributed by atoms with van der Waals surface area (Å²) in [4.78, 5) is 4.16. The smallest absolute Gasteiger partial charge is 0.246 e. The summed E-state index contributed by atoms with van der Waals surface area (Å²) >= 11 is 0. The van der Waals surface area contributed by atoms with Crippen LogP contribution in [-0.4, -0.2) is 23.2 Å². The number of nitrogens with two attached hydrogens (primary N) is 1. The maximum atomic E-state index is 12.3. The van der Waals surface area contributed by atoms with E-state index >= 15 is 0 Å². The summed E-state index contributed by atoms with van der Waals surface area (Å²) in [6.45, 7) is 4.60. The van der Waals surface area contributed by atoms with E-state index in [1.807, 2.05) is 19.9 Å². The van der Waals surface area contributed by atoms with Gasteiger partial charge in [0.25, 0.3) is 0 Å². The molecule has 0 aliphatic carbocycles. The second kappa shape index (κ2) is 6.23. The lowest BCUT2D eigenvalue weighted by Gasteiger charge is -2.07. The van der Waals surface area contributed by atoms with Crippen molar-refractivity contribution in [3.05, 3.63) is 35.8 Å². The van der Waals surface area contributed by atoms with Crippen molar-refractivity contribution in [2.24, 2.45) is 0 Å². The highest BCUT2D eigenvalue weighted by molar-refractivity contribution is 7.89. The van der Waals surface area contributed by atoms with Crippen LogP contribution < -0.4 is 10.5 Å². The van der Waals surface area contributed by atoms with Gasteiger partial charge in [0, 0.05) is 18.9 Å². The Balaban J connectivity index is 2.17. The summed E-state index contributed by atoms with van der Waals surface area (Å²) in [5, 5.41) is 4.00. The number of nitrogens with one attached hydrogen (secondary N) is 1. The Hall–Kier alpha value is -1.93. The van der Waals surface area contributed by atoms with E-state index in [2.05, 4.69) is 14.8 Å². The number of sulfonamides is 1. The molecule has 114 valence electrons. The van der Waals surface area contributed by atoms with E-state index in [0.29, 0.717) is 12.2 Å². The van der Waals surface area contributed by atoms with Crippen molar-refractivity contribution in [2.45, 2.75) is 38.3 Å². The highest BCUT2D eigenvalue weighted by atomic mass is 32.2. The maximum Gasteiger partial charge on any atom is 0.246 e. The van der Waals surface area contributed by atoms with E-state index in [1.165, 1.54) is 10.9 Å². The average molecular weight is 309 g/mol. The lowest BCUT2D eigenvalue weighted by atomic mass is 10.2. The Labute approximate surface area is 124 Å². The van der Waals surface area contributed by atoms with E-state index in [9.17, 15) is 8.42 Å². The van der Waals surface area contributed by atoms with Crippen molar-refractivity contribution >= 4 is 15.8 Å². The van der Waals surface area contributed by atoms with Crippen LogP contribution >= 0.6 is 0 Å². The number of nitrogens with zero attached hydrogens (tertiary/aromatic N) is 3. The molecular formula is C13H19N5O2S. The molecule has 21 heavy (non-hydrogen) atoms. The van der Waals surface area contributed by atoms with Gasteiger partial charge in [0.1, 0.15) is 4.90 Å². The number of anilines is 1. The molecule has 0 saturated heterocycles. The molecule has 0 spiro atoms. The zero-order valence-electron chi connectivity index (χ0n) is 12.1. The van der Waals surface area contributed by atoms with Crippen LogP contribution in [0.15, 0.2) is 29.4 Å². The van der Waals surface area contributed by atoms with Gasteiger partial charge in [-0.1, -0.05) is 13.0 Å². The number of aromatic nitrogens is 3. The van der Waals surface area contributed by atoms with Crippen LogP contribution in [0.2, 0.25) is 0 Å². The molecule has 0 aliphatic rings. The third-order valence-corrected chi connectivity index (χ3v) is 4.46. The molecule has 0 amide bonds. The molecule has 0 aliphatic heterocycles. The van der Waals surface area contributed by atoms with Crippen molar-refractivity contribution in [3.63, 3.8) is 0 Å². The van der Waals surface area contributed by atoms with Gasteiger partial charge in [-0.15, -0.1) is 0 Å². The fourth-order valence-electron chi connectivity index (χ4n) is 1.91. The number of nitrogen functional groups attached to an aromatic ring is 1. The molecule has 2 aromatic rings. The molecule has 3 N–H and O–H groups in total. The summed E-state index contributed by atoms with van der Waals surface area (Å²) < 4.78 is 28.6. The number of hydrogen-bond acceptors (Lipinski definition) is 5. The first-order valence-corrected chi connectivity index (χ1v) is 8.15. The molecule has 2 aromatic heterocycles. The van der Waals surface area contributed by atoms with Gasteiger partial charge in [-0.05, 0) is 25.0 Å². The van der Waals surface area contributed by atoms with Gasteiger partial charge in [-0.25, -0.2) is 13.1 Å². The number of pyridine rings is 1. The standard InChI is InChI=1S/C13H19N5O2S/c1-3-7-18-9-12(13(14)17-18)21(19,20)16-8-11-10(2)5-4-6-15-11/h4-6,9,16H,3,7-8H2,1-2H3,(H2,14,17). The van der Waals surface area contributed by atoms with Gasteiger partial charge in [0.2, 0.25) is 10.0 Å². The first-order chi connectivity index (χ1) is 9.94. The maximum absolute atomic E-state index is 12.3. The lowest BCUT2D eigenvalue weighted by Crippen LogP contribution is -2.24. The third-order valence-electron chi connectivity index (χ3n) is 3.04. The van der Waals surface area contributed by atoms with Crippen molar-refractivity contribution in [3.8, 4) is 0 Å². The SMILES string of the molecule is CCCn1cc(S(=O)(=O)NCc2ncccc2C)c(N)n1. The number of rotatable bonds is 6. The number of hydrogen-bond donors (Lipinski definition) is 2. The lowest BCUT2D eigenvalue weighted by molar-refractivity contribution is 0.578. The van der Waals surface area contributed by atoms with Crippen LogP contribution in [-0.2, 0) is 23.1 Å². The molecule has 0 atom stereocenters. The average Bonchev–Trinajstić information content (AvgIpc) is 2.80. The zero-order chi connectivity index (χ0) is 15.5. The second-order valence-corrected chi connectivity index (χ2v) is 6.47. The second-order valence-electron chi connectivity index (χ2n) is 4.73. The molecule has 0 bridgehead atoms. The van der Waals surface area contributed by atoms with E-state index in [-0.39, 0.29) is 17.3 Å². The van der Waals surface area contributed by atoms with Crippen molar-refractivity contribution in [1.29, 1.82) is 0 Å². The topological polar surface area (TPSA) is 103 Å². The van der Waals surface area contributed by atoms with E-state index in [0.717, 1.165) is 12.0 Å². The van der Waals surface area contributed by atoms with Crippen molar-refractivity contribution in [2.75, 3.05) is 5.73 Å². The number of aryl methyl sites for hydroxylation is 2. The summed E-state index contributed by atoms with van der Waals surface area (Å²) in [7, 11) is -3.70. The minimum Gasteiger partial charge on any atom is -0.381 e. The van der Waals surface area contributed by atoms with Gasteiger partial charge in [0.15, 0.2) is 5.82 Å². The van der Waals surface area contributed by atoms with Gasteiger partial charge < -0.3 is 5.73 Å². The fourth-order valence-corrected chi connectivity index (χ4v) is 2.97. The molecule has 2 rings (SSSR count). The monoisotopic (exact) mass is 309 g/mol.